The van der Waals surface area contributed by atoms with Gasteiger partial charge >= 0.3 is 0 Å². The lowest BCUT2D eigenvalue weighted by Crippen LogP contribution is -2.56. The molecule has 0 spiro atoms. The van der Waals surface area contributed by atoms with E-state index in [-0.39, 0.29) is 29.1 Å². The quantitative estimate of drug-likeness (QED) is 0.564. The van der Waals surface area contributed by atoms with Crippen LogP contribution in [-0.2, 0) is 40.6 Å². The van der Waals surface area contributed by atoms with Crippen molar-refractivity contribution in [1.82, 2.24) is 20.2 Å². The summed E-state index contributed by atoms with van der Waals surface area (Å²) in [5.74, 6) is 1.67. The molecular formula is C21H27N7O4S. The van der Waals surface area contributed by atoms with Crippen molar-refractivity contribution in [1.29, 1.82) is 0 Å². The lowest BCUT2D eigenvalue weighted by molar-refractivity contribution is -0.131. The summed E-state index contributed by atoms with van der Waals surface area (Å²) in [7, 11) is -3.87. The Kier molecular flexibility index (Phi) is 6.64. The van der Waals surface area contributed by atoms with Crippen molar-refractivity contribution in [2.75, 3.05) is 37.6 Å². The van der Waals surface area contributed by atoms with Gasteiger partial charge < -0.3 is 24.4 Å². The highest BCUT2D eigenvalue weighted by Gasteiger charge is 2.33. The molecule has 1 amide bonds. The Morgan fingerprint density at radius 1 is 1.36 bits per heavy atom. The minimum atomic E-state index is -3.87. The van der Waals surface area contributed by atoms with Gasteiger partial charge in [-0.1, -0.05) is 0 Å². The van der Waals surface area contributed by atoms with Gasteiger partial charge in [0.25, 0.3) is 0 Å². The second-order valence-corrected chi connectivity index (χ2v) is 9.75. The third-order valence-electron chi connectivity index (χ3n) is 6.04. The predicted molar refractivity (Wildman–Crippen MR) is 120 cm³/mol. The van der Waals surface area contributed by atoms with Crippen molar-refractivity contribution >= 4 is 21.7 Å². The molecule has 0 radical (unpaired) electrons. The number of hydrogen-bond donors (Lipinski definition) is 2. The largest absolute Gasteiger partial charge is 0.468 e. The molecule has 11 nitrogen and oxygen atoms in total. The summed E-state index contributed by atoms with van der Waals surface area (Å²) in [5.41, 5.74) is 2.00. The van der Waals surface area contributed by atoms with Crippen LogP contribution in [0, 0.1) is 6.57 Å². The lowest BCUT2D eigenvalue weighted by Gasteiger charge is -2.40. The van der Waals surface area contributed by atoms with Gasteiger partial charge in [0.1, 0.15) is 28.3 Å². The number of aromatic nitrogens is 2. The van der Waals surface area contributed by atoms with Gasteiger partial charge in [-0.2, -0.15) is 0 Å². The number of carbonyl (C=O) groups excluding carboxylic acids is 1. The Morgan fingerprint density at radius 3 is 2.91 bits per heavy atom. The van der Waals surface area contributed by atoms with E-state index in [0.29, 0.717) is 44.8 Å². The molecule has 1 atom stereocenters. The average Bonchev–Trinajstić information content (AvgIpc) is 3.26. The molecular weight excluding hydrogens is 446 g/mol. The highest BCUT2D eigenvalue weighted by Crippen LogP contribution is 2.27. The molecule has 2 aromatic rings. The number of amides is 1. The number of nitrogens with two attached hydrogens (primary N) is 1. The minimum Gasteiger partial charge on any atom is -0.468 e. The van der Waals surface area contributed by atoms with E-state index in [1.54, 1.807) is 4.90 Å². The minimum absolute atomic E-state index is 0.0234. The number of hydrogen-bond acceptors (Lipinski definition) is 8. The van der Waals surface area contributed by atoms with Gasteiger partial charge in [0.05, 0.1) is 12.0 Å². The average molecular weight is 474 g/mol. The summed E-state index contributed by atoms with van der Waals surface area (Å²) in [6, 6.07) is 1.16. The molecule has 0 aromatic carbocycles. The number of anilines is 1. The Hall–Kier alpha value is -3.01. The maximum atomic E-state index is 12.0. The van der Waals surface area contributed by atoms with Crippen molar-refractivity contribution in [2.45, 2.75) is 43.7 Å². The molecule has 0 saturated carbocycles. The van der Waals surface area contributed by atoms with E-state index in [1.807, 2.05) is 0 Å². The van der Waals surface area contributed by atoms with Crippen LogP contribution in [0.25, 0.3) is 4.85 Å². The number of carbonyl (C=O) groups is 1. The van der Waals surface area contributed by atoms with Crippen molar-refractivity contribution in [3.63, 3.8) is 0 Å². The second-order valence-electron chi connectivity index (χ2n) is 8.22. The zero-order chi connectivity index (χ0) is 23.6. The molecule has 2 aliphatic rings. The molecule has 2 aliphatic heterocycles. The lowest BCUT2D eigenvalue weighted by atomic mass is 10.0. The SMILES string of the molecule is [C-]#[N+]C[C@H]1CN(c2nc(CCc3occc3S(N)(=O)=O)nc3c2CCNC3)CCN1C(C)=O. The van der Waals surface area contributed by atoms with Gasteiger partial charge in [-0.15, -0.1) is 0 Å². The number of sulfonamides is 1. The zero-order valence-electron chi connectivity index (χ0n) is 18.5. The topological polar surface area (TPSA) is 139 Å². The molecule has 2 aromatic heterocycles. The van der Waals surface area contributed by atoms with E-state index >= 15 is 0 Å². The van der Waals surface area contributed by atoms with Gasteiger partial charge in [-0.3, -0.25) is 4.79 Å². The number of primary sulfonamides is 1. The van der Waals surface area contributed by atoms with E-state index in [0.717, 1.165) is 30.0 Å². The first kappa shape index (κ1) is 23.2. The second kappa shape index (κ2) is 9.46. The van der Waals surface area contributed by atoms with Gasteiger partial charge in [0, 0.05) is 51.5 Å². The summed E-state index contributed by atoms with van der Waals surface area (Å²) in [6.07, 6.45) is 2.78. The first-order valence-corrected chi connectivity index (χ1v) is 12.4. The monoisotopic (exact) mass is 473 g/mol. The van der Waals surface area contributed by atoms with E-state index in [2.05, 4.69) is 15.1 Å². The number of nitrogens with zero attached hydrogens (tertiary/aromatic N) is 5. The summed E-state index contributed by atoms with van der Waals surface area (Å²) < 4.78 is 28.9. The first-order chi connectivity index (χ1) is 15.8. The summed E-state index contributed by atoms with van der Waals surface area (Å²) >= 11 is 0. The van der Waals surface area contributed by atoms with Gasteiger partial charge in [-0.25, -0.2) is 30.1 Å². The Bertz CT molecular complexity index is 1190. The van der Waals surface area contributed by atoms with E-state index in [4.69, 9.17) is 26.1 Å². The zero-order valence-corrected chi connectivity index (χ0v) is 19.3. The Labute approximate surface area is 192 Å². The fourth-order valence-electron chi connectivity index (χ4n) is 4.48. The normalized spacial score (nSPS) is 18.6. The number of piperazine rings is 1. The van der Waals surface area contributed by atoms with Gasteiger partial charge in [0.15, 0.2) is 0 Å². The van der Waals surface area contributed by atoms with Crippen LogP contribution in [0.1, 0.15) is 29.8 Å². The molecule has 1 fully saturated rings. The molecule has 3 N–H and O–H groups in total. The molecule has 176 valence electrons. The van der Waals surface area contributed by atoms with Crippen molar-refractivity contribution in [3.8, 4) is 0 Å². The molecule has 0 bridgehead atoms. The smallest absolute Gasteiger partial charge is 0.241 e. The highest BCUT2D eigenvalue weighted by atomic mass is 32.2. The summed E-state index contributed by atoms with van der Waals surface area (Å²) in [4.78, 5) is 29.0. The van der Waals surface area contributed by atoms with Crippen molar-refractivity contribution in [2.24, 2.45) is 5.14 Å². The number of aryl methyl sites for hydroxylation is 2. The van der Waals surface area contributed by atoms with E-state index < -0.39 is 10.0 Å². The summed E-state index contributed by atoms with van der Waals surface area (Å²) in [6.45, 7) is 12.2. The highest BCUT2D eigenvalue weighted by molar-refractivity contribution is 7.89. The van der Waals surface area contributed by atoms with Crippen LogP contribution >= 0.6 is 0 Å². The summed E-state index contributed by atoms with van der Waals surface area (Å²) in [5, 5.41) is 8.60. The van der Waals surface area contributed by atoms with Gasteiger partial charge in [0.2, 0.25) is 22.5 Å². The number of furan rings is 1. The van der Waals surface area contributed by atoms with Crippen LogP contribution in [0.4, 0.5) is 5.82 Å². The molecule has 33 heavy (non-hydrogen) atoms. The maximum absolute atomic E-state index is 12.0. The van der Waals surface area contributed by atoms with Crippen LogP contribution in [0.2, 0.25) is 0 Å². The molecule has 0 aliphatic carbocycles. The Morgan fingerprint density at radius 2 is 2.18 bits per heavy atom. The molecule has 0 unspecified atom stereocenters. The van der Waals surface area contributed by atoms with E-state index in [9.17, 15) is 13.2 Å². The van der Waals surface area contributed by atoms with Crippen LogP contribution in [0.15, 0.2) is 21.6 Å². The van der Waals surface area contributed by atoms with Gasteiger partial charge in [-0.05, 0) is 19.0 Å². The van der Waals surface area contributed by atoms with Crippen LogP contribution in [-0.4, -0.2) is 68.0 Å². The fourth-order valence-corrected chi connectivity index (χ4v) is 5.19. The molecule has 1 saturated heterocycles. The molecule has 4 heterocycles. The van der Waals surface area contributed by atoms with Crippen LogP contribution < -0.4 is 15.4 Å². The van der Waals surface area contributed by atoms with Crippen molar-refractivity contribution < 1.29 is 17.6 Å². The van der Waals surface area contributed by atoms with Crippen LogP contribution in [0.3, 0.4) is 0 Å². The standard InChI is InChI=1S/C21H27N7O4S/c1-14(29)28-9-8-27(13-15(28)11-23-2)21-16-5-7-24-12-17(16)25-20(26-21)4-3-18-19(6-10-32-18)33(22,30)31/h6,10,15,24H,3-5,7-9,11-13H2,1H3,(H2,22,30,31)/t15-/m0/s1. The third-order valence-corrected chi connectivity index (χ3v) is 7.01. The van der Waals surface area contributed by atoms with Crippen LogP contribution in [0.5, 0.6) is 0 Å². The Balaban J connectivity index is 1.61. The number of fused-ring (bicyclic) bond motifs is 1. The van der Waals surface area contributed by atoms with Crippen molar-refractivity contribution in [3.05, 3.63) is 46.6 Å². The maximum Gasteiger partial charge on any atom is 0.241 e. The number of nitrogens with one attached hydrogen (secondary N) is 1. The molecule has 4 rings (SSSR count). The predicted octanol–water partition coefficient (Wildman–Crippen LogP) is 0.104. The molecule has 12 heteroatoms. The first-order valence-electron chi connectivity index (χ1n) is 10.8. The fraction of sp³-hybridized carbons (Fsp3) is 0.524. The third kappa shape index (κ3) is 5.00. The van der Waals surface area contributed by atoms with E-state index in [1.165, 1.54) is 19.3 Å². The number of rotatable bonds is 6.